The Morgan fingerprint density at radius 2 is 2.07 bits per heavy atom. The molecule has 1 aliphatic carbocycles. The third kappa shape index (κ3) is 1.41. The van der Waals surface area contributed by atoms with Crippen molar-refractivity contribution in [3.05, 3.63) is 34.9 Å². The van der Waals surface area contributed by atoms with Gasteiger partial charge in [0.05, 0.1) is 0 Å². The second-order valence-electron chi connectivity index (χ2n) is 5.33. The van der Waals surface area contributed by atoms with E-state index in [-0.39, 0.29) is 0 Å². The predicted octanol–water partition coefficient (Wildman–Crippen LogP) is 2.94. The molecule has 1 heteroatoms. The van der Waals surface area contributed by atoms with E-state index in [1.807, 2.05) is 0 Å². The van der Waals surface area contributed by atoms with E-state index < -0.39 is 0 Å². The summed E-state index contributed by atoms with van der Waals surface area (Å²) in [4.78, 5) is 0. The molecule has 1 fully saturated rings. The molecule has 0 bridgehead atoms. The smallest absolute Gasteiger partial charge is 0.0439 e. The molecule has 1 heterocycles. The fraction of sp³-hybridized carbons (Fsp3) is 0.571. The van der Waals surface area contributed by atoms with Gasteiger partial charge < -0.3 is 5.32 Å². The molecular weight excluding hydrogens is 182 g/mol. The molecule has 1 N–H and O–H groups in total. The topological polar surface area (TPSA) is 12.0 Å². The van der Waals surface area contributed by atoms with E-state index in [0.717, 1.165) is 6.54 Å². The van der Waals surface area contributed by atoms with E-state index in [1.54, 1.807) is 11.1 Å². The van der Waals surface area contributed by atoms with Crippen LogP contribution in [0.5, 0.6) is 0 Å². The SMILES string of the molecule is CC(C)c1ccc2c(c1)C1(CC1)NCC2. The van der Waals surface area contributed by atoms with Gasteiger partial charge in [0.2, 0.25) is 0 Å². The second kappa shape index (κ2) is 3.08. The fourth-order valence-corrected chi connectivity index (χ4v) is 2.72. The van der Waals surface area contributed by atoms with Crippen LogP contribution in [-0.4, -0.2) is 6.54 Å². The maximum absolute atomic E-state index is 3.69. The van der Waals surface area contributed by atoms with Crippen LogP contribution in [0.2, 0.25) is 0 Å². The molecule has 1 saturated carbocycles. The first-order valence-electron chi connectivity index (χ1n) is 6.10. The first kappa shape index (κ1) is 9.41. The number of nitrogens with one attached hydrogen (secondary N) is 1. The second-order valence-corrected chi connectivity index (χ2v) is 5.33. The summed E-state index contributed by atoms with van der Waals surface area (Å²) in [5.41, 5.74) is 5.05. The maximum Gasteiger partial charge on any atom is 0.0439 e. The molecule has 1 spiro atoms. The van der Waals surface area contributed by atoms with Gasteiger partial charge in [0, 0.05) is 12.1 Å². The van der Waals surface area contributed by atoms with Crippen LogP contribution in [0.15, 0.2) is 18.2 Å². The van der Waals surface area contributed by atoms with Gasteiger partial charge in [-0.25, -0.2) is 0 Å². The number of hydrogen-bond donors (Lipinski definition) is 1. The summed E-state index contributed by atoms with van der Waals surface area (Å²) in [7, 11) is 0. The molecular formula is C14H19N. The van der Waals surface area contributed by atoms with Gasteiger partial charge in [0.1, 0.15) is 0 Å². The van der Waals surface area contributed by atoms with Crippen LogP contribution in [0.25, 0.3) is 0 Å². The minimum Gasteiger partial charge on any atom is -0.307 e. The van der Waals surface area contributed by atoms with Gasteiger partial charge in [-0.15, -0.1) is 0 Å². The highest BCUT2D eigenvalue weighted by atomic mass is 15.0. The zero-order valence-electron chi connectivity index (χ0n) is 9.64. The van der Waals surface area contributed by atoms with Gasteiger partial charge in [0.15, 0.2) is 0 Å². The van der Waals surface area contributed by atoms with Crippen molar-refractivity contribution >= 4 is 0 Å². The summed E-state index contributed by atoms with van der Waals surface area (Å²) < 4.78 is 0. The Hall–Kier alpha value is -0.820. The lowest BCUT2D eigenvalue weighted by atomic mass is 9.88. The summed E-state index contributed by atoms with van der Waals surface area (Å²) in [6.07, 6.45) is 3.87. The van der Waals surface area contributed by atoms with E-state index >= 15 is 0 Å². The minimum atomic E-state index is 0.387. The number of fused-ring (bicyclic) bond motifs is 2. The Bertz CT molecular complexity index is 388. The molecule has 0 atom stereocenters. The van der Waals surface area contributed by atoms with Crippen molar-refractivity contribution in [2.45, 2.75) is 44.6 Å². The van der Waals surface area contributed by atoms with Gasteiger partial charge in [0.25, 0.3) is 0 Å². The largest absolute Gasteiger partial charge is 0.307 e. The predicted molar refractivity (Wildman–Crippen MR) is 63.1 cm³/mol. The minimum absolute atomic E-state index is 0.387. The summed E-state index contributed by atoms with van der Waals surface area (Å²) in [5, 5.41) is 3.69. The van der Waals surface area contributed by atoms with Crippen LogP contribution in [0.3, 0.4) is 0 Å². The molecule has 3 rings (SSSR count). The van der Waals surface area contributed by atoms with E-state index in [2.05, 4.69) is 37.4 Å². The lowest BCUT2D eigenvalue weighted by molar-refractivity contribution is 0.488. The molecule has 0 aromatic heterocycles. The monoisotopic (exact) mass is 201 g/mol. The van der Waals surface area contributed by atoms with Gasteiger partial charge in [-0.3, -0.25) is 0 Å². The van der Waals surface area contributed by atoms with Crippen molar-refractivity contribution < 1.29 is 0 Å². The summed E-state index contributed by atoms with van der Waals surface area (Å²) >= 11 is 0. The van der Waals surface area contributed by atoms with Gasteiger partial charge >= 0.3 is 0 Å². The highest BCUT2D eigenvalue weighted by Crippen LogP contribution is 2.48. The zero-order chi connectivity index (χ0) is 10.5. The van der Waals surface area contributed by atoms with Crippen LogP contribution < -0.4 is 5.32 Å². The first-order valence-corrected chi connectivity index (χ1v) is 6.10. The molecule has 1 aromatic rings. The average molecular weight is 201 g/mol. The van der Waals surface area contributed by atoms with Crippen molar-refractivity contribution in [2.24, 2.45) is 0 Å². The Morgan fingerprint density at radius 1 is 1.27 bits per heavy atom. The summed E-state index contributed by atoms with van der Waals surface area (Å²) in [6, 6.07) is 7.11. The fourth-order valence-electron chi connectivity index (χ4n) is 2.72. The lowest BCUT2D eigenvalue weighted by Gasteiger charge is -2.28. The highest BCUT2D eigenvalue weighted by molar-refractivity contribution is 5.43. The van der Waals surface area contributed by atoms with Crippen LogP contribution in [-0.2, 0) is 12.0 Å². The average Bonchev–Trinajstić information content (AvgIpc) is 2.99. The molecule has 0 saturated heterocycles. The molecule has 0 amide bonds. The Kier molecular flexibility index (Phi) is 1.93. The molecule has 1 nitrogen and oxygen atoms in total. The van der Waals surface area contributed by atoms with Gasteiger partial charge in [-0.05, 0) is 41.9 Å². The van der Waals surface area contributed by atoms with E-state index in [9.17, 15) is 0 Å². The lowest BCUT2D eigenvalue weighted by Crippen LogP contribution is -2.36. The number of benzene rings is 1. The zero-order valence-corrected chi connectivity index (χ0v) is 9.64. The quantitative estimate of drug-likeness (QED) is 0.736. The Labute approximate surface area is 91.9 Å². The molecule has 0 unspecified atom stereocenters. The van der Waals surface area contributed by atoms with Crippen LogP contribution in [0.1, 0.15) is 49.3 Å². The van der Waals surface area contributed by atoms with Crippen molar-refractivity contribution in [3.8, 4) is 0 Å². The number of rotatable bonds is 1. The van der Waals surface area contributed by atoms with Crippen molar-refractivity contribution in [1.82, 2.24) is 5.32 Å². The van der Waals surface area contributed by atoms with Gasteiger partial charge in [-0.1, -0.05) is 32.0 Å². The van der Waals surface area contributed by atoms with Crippen molar-refractivity contribution in [2.75, 3.05) is 6.54 Å². The molecule has 1 aromatic carbocycles. The van der Waals surface area contributed by atoms with Crippen LogP contribution in [0, 0.1) is 0 Å². The summed E-state index contributed by atoms with van der Waals surface area (Å²) in [5.74, 6) is 0.646. The number of hydrogen-bond acceptors (Lipinski definition) is 1. The van der Waals surface area contributed by atoms with Gasteiger partial charge in [-0.2, -0.15) is 0 Å². The van der Waals surface area contributed by atoms with Crippen LogP contribution in [0.4, 0.5) is 0 Å². The van der Waals surface area contributed by atoms with Crippen molar-refractivity contribution in [3.63, 3.8) is 0 Å². The Morgan fingerprint density at radius 3 is 2.73 bits per heavy atom. The summed E-state index contributed by atoms with van der Waals surface area (Å²) in [6.45, 7) is 5.71. The molecule has 0 radical (unpaired) electrons. The molecule has 15 heavy (non-hydrogen) atoms. The Balaban J connectivity index is 2.08. The van der Waals surface area contributed by atoms with E-state index in [1.165, 1.54) is 24.8 Å². The standard InChI is InChI=1S/C14H19N/c1-10(2)12-4-3-11-5-8-15-14(6-7-14)13(11)9-12/h3-4,9-10,15H,5-8H2,1-2H3. The first-order chi connectivity index (χ1) is 7.21. The third-order valence-electron chi connectivity index (χ3n) is 3.92. The highest BCUT2D eigenvalue weighted by Gasteiger charge is 2.46. The van der Waals surface area contributed by atoms with Crippen molar-refractivity contribution in [1.29, 1.82) is 0 Å². The van der Waals surface area contributed by atoms with E-state index in [4.69, 9.17) is 0 Å². The molecule has 2 aliphatic rings. The molecule has 1 aliphatic heterocycles. The normalized spacial score (nSPS) is 21.8. The van der Waals surface area contributed by atoms with E-state index in [0.29, 0.717) is 11.5 Å². The molecule has 80 valence electrons. The third-order valence-corrected chi connectivity index (χ3v) is 3.92. The maximum atomic E-state index is 3.69. The van der Waals surface area contributed by atoms with Crippen LogP contribution >= 0.6 is 0 Å².